The predicted molar refractivity (Wildman–Crippen MR) is 86.2 cm³/mol. The minimum Gasteiger partial charge on any atom is -0.496 e. The Balaban J connectivity index is 2.01. The molecule has 1 heterocycles. The standard InChI is InChI=1S/C17H16N2O4/c1-10-18-11-6-4-7-12(16(11)23-10)19-17(20)15-13(21-2)8-5-9-14(15)22-3/h4-9H,1-3H3,(H,19,20). The molecule has 23 heavy (non-hydrogen) atoms. The van der Waals surface area contributed by atoms with Crippen LogP contribution in [-0.2, 0) is 0 Å². The molecule has 0 aliphatic rings. The minimum atomic E-state index is -0.346. The number of fused-ring (bicyclic) bond motifs is 1. The summed E-state index contributed by atoms with van der Waals surface area (Å²) in [6.45, 7) is 1.76. The van der Waals surface area contributed by atoms with Gasteiger partial charge in [-0.05, 0) is 24.3 Å². The lowest BCUT2D eigenvalue weighted by Gasteiger charge is -2.13. The van der Waals surface area contributed by atoms with Gasteiger partial charge < -0.3 is 19.2 Å². The number of methoxy groups -OCH3 is 2. The number of aromatic nitrogens is 1. The van der Waals surface area contributed by atoms with E-state index < -0.39 is 0 Å². The van der Waals surface area contributed by atoms with Crippen LogP contribution in [-0.4, -0.2) is 25.1 Å². The molecule has 118 valence electrons. The molecule has 2 aromatic carbocycles. The topological polar surface area (TPSA) is 73.6 Å². The molecule has 6 heteroatoms. The van der Waals surface area contributed by atoms with Gasteiger partial charge in [0.2, 0.25) is 0 Å². The molecule has 0 bridgehead atoms. The summed E-state index contributed by atoms with van der Waals surface area (Å²) in [7, 11) is 3.01. The number of ether oxygens (including phenoxy) is 2. The van der Waals surface area contributed by atoms with Crippen molar-refractivity contribution in [2.24, 2.45) is 0 Å². The van der Waals surface area contributed by atoms with Gasteiger partial charge in [0.15, 0.2) is 11.5 Å². The van der Waals surface area contributed by atoms with Gasteiger partial charge in [0.25, 0.3) is 5.91 Å². The molecule has 0 unspecified atom stereocenters. The first kappa shape index (κ1) is 14.9. The number of hydrogen-bond donors (Lipinski definition) is 1. The number of nitrogens with zero attached hydrogens (tertiary/aromatic N) is 1. The SMILES string of the molecule is COc1cccc(OC)c1C(=O)Nc1cccc2nc(C)oc12. The van der Waals surface area contributed by atoms with E-state index in [4.69, 9.17) is 13.9 Å². The third-order valence-electron chi connectivity index (χ3n) is 3.43. The van der Waals surface area contributed by atoms with E-state index in [0.29, 0.717) is 39.7 Å². The number of benzene rings is 2. The Labute approximate surface area is 133 Å². The van der Waals surface area contributed by atoms with Crippen LogP contribution in [0.25, 0.3) is 11.1 Å². The largest absolute Gasteiger partial charge is 0.496 e. The number of para-hydroxylation sites is 1. The Morgan fingerprint density at radius 2 is 1.74 bits per heavy atom. The molecule has 1 N–H and O–H groups in total. The highest BCUT2D eigenvalue weighted by molar-refractivity contribution is 6.10. The molecular formula is C17H16N2O4. The molecule has 6 nitrogen and oxygen atoms in total. The highest BCUT2D eigenvalue weighted by Crippen LogP contribution is 2.30. The molecular weight excluding hydrogens is 296 g/mol. The van der Waals surface area contributed by atoms with Crippen LogP contribution in [0.2, 0.25) is 0 Å². The van der Waals surface area contributed by atoms with Crippen molar-refractivity contribution in [3.8, 4) is 11.5 Å². The lowest BCUT2D eigenvalue weighted by molar-refractivity contribution is 0.102. The van der Waals surface area contributed by atoms with Gasteiger partial charge in [-0.2, -0.15) is 0 Å². The molecule has 0 spiro atoms. The number of anilines is 1. The minimum absolute atomic E-state index is 0.325. The fourth-order valence-electron chi connectivity index (χ4n) is 2.42. The van der Waals surface area contributed by atoms with Crippen molar-refractivity contribution >= 4 is 22.7 Å². The van der Waals surface area contributed by atoms with Crippen molar-refractivity contribution in [1.82, 2.24) is 4.98 Å². The van der Waals surface area contributed by atoms with Crippen molar-refractivity contribution < 1.29 is 18.7 Å². The zero-order valence-electron chi connectivity index (χ0n) is 13.0. The number of hydrogen-bond acceptors (Lipinski definition) is 5. The average molecular weight is 312 g/mol. The maximum Gasteiger partial charge on any atom is 0.263 e. The molecule has 0 saturated heterocycles. The maximum absolute atomic E-state index is 12.7. The molecule has 3 rings (SSSR count). The van der Waals surface area contributed by atoms with Crippen molar-refractivity contribution in [3.05, 3.63) is 47.9 Å². The molecule has 0 fully saturated rings. The summed E-state index contributed by atoms with van der Waals surface area (Å²) < 4.78 is 16.1. The smallest absolute Gasteiger partial charge is 0.263 e. The number of carbonyl (C=O) groups excluding carboxylic acids is 1. The second-order valence-electron chi connectivity index (χ2n) is 4.88. The van der Waals surface area contributed by atoms with Crippen LogP contribution in [0, 0.1) is 6.92 Å². The molecule has 0 saturated carbocycles. The van der Waals surface area contributed by atoms with Crippen LogP contribution in [0.1, 0.15) is 16.2 Å². The van der Waals surface area contributed by atoms with Crippen LogP contribution in [0.5, 0.6) is 11.5 Å². The van der Waals surface area contributed by atoms with Gasteiger partial charge in [0, 0.05) is 6.92 Å². The highest BCUT2D eigenvalue weighted by Gasteiger charge is 2.19. The fraction of sp³-hybridized carbons (Fsp3) is 0.176. The van der Waals surface area contributed by atoms with Gasteiger partial charge in [-0.15, -0.1) is 0 Å². The van der Waals surface area contributed by atoms with E-state index in [0.717, 1.165) is 0 Å². The molecule has 0 radical (unpaired) electrons. The molecule has 3 aromatic rings. The number of rotatable bonds is 4. The second kappa shape index (κ2) is 6.00. The van der Waals surface area contributed by atoms with E-state index in [1.165, 1.54) is 14.2 Å². The molecule has 1 amide bonds. The Morgan fingerprint density at radius 1 is 1.09 bits per heavy atom. The normalized spacial score (nSPS) is 10.6. The quantitative estimate of drug-likeness (QED) is 0.799. The highest BCUT2D eigenvalue weighted by atomic mass is 16.5. The monoisotopic (exact) mass is 312 g/mol. The molecule has 0 atom stereocenters. The molecule has 1 aromatic heterocycles. The van der Waals surface area contributed by atoms with Crippen LogP contribution >= 0.6 is 0 Å². The van der Waals surface area contributed by atoms with Gasteiger partial charge in [0.1, 0.15) is 22.6 Å². The zero-order valence-corrected chi connectivity index (χ0v) is 13.0. The van der Waals surface area contributed by atoms with E-state index in [-0.39, 0.29) is 5.91 Å². The maximum atomic E-state index is 12.7. The van der Waals surface area contributed by atoms with Crippen LogP contribution < -0.4 is 14.8 Å². The molecule has 0 aliphatic carbocycles. The number of amides is 1. The van der Waals surface area contributed by atoms with Gasteiger partial charge in [-0.3, -0.25) is 4.79 Å². The first-order chi connectivity index (χ1) is 11.1. The Hall–Kier alpha value is -3.02. The number of carbonyl (C=O) groups is 1. The summed E-state index contributed by atoms with van der Waals surface area (Å²) in [6, 6.07) is 10.6. The average Bonchev–Trinajstić information content (AvgIpc) is 2.95. The van der Waals surface area contributed by atoms with Crippen molar-refractivity contribution in [3.63, 3.8) is 0 Å². The summed E-state index contributed by atoms with van der Waals surface area (Å²) in [5, 5.41) is 2.83. The summed E-state index contributed by atoms with van der Waals surface area (Å²) >= 11 is 0. The summed E-state index contributed by atoms with van der Waals surface area (Å²) in [5.74, 6) is 1.06. The van der Waals surface area contributed by atoms with Crippen molar-refractivity contribution in [2.75, 3.05) is 19.5 Å². The number of aryl methyl sites for hydroxylation is 1. The third-order valence-corrected chi connectivity index (χ3v) is 3.43. The van der Waals surface area contributed by atoms with E-state index >= 15 is 0 Å². The van der Waals surface area contributed by atoms with Gasteiger partial charge >= 0.3 is 0 Å². The third kappa shape index (κ3) is 2.70. The van der Waals surface area contributed by atoms with Crippen molar-refractivity contribution in [1.29, 1.82) is 0 Å². The van der Waals surface area contributed by atoms with Crippen LogP contribution in [0.4, 0.5) is 5.69 Å². The van der Waals surface area contributed by atoms with Crippen molar-refractivity contribution in [2.45, 2.75) is 6.92 Å². The van der Waals surface area contributed by atoms with Gasteiger partial charge in [-0.25, -0.2) is 4.98 Å². The Bertz CT molecular complexity index is 848. The Morgan fingerprint density at radius 3 is 2.39 bits per heavy atom. The Kier molecular flexibility index (Phi) is 3.89. The van der Waals surface area contributed by atoms with Gasteiger partial charge in [-0.1, -0.05) is 12.1 Å². The number of nitrogens with one attached hydrogen (secondary N) is 1. The fourth-order valence-corrected chi connectivity index (χ4v) is 2.42. The summed E-state index contributed by atoms with van der Waals surface area (Å²) in [4.78, 5) is 16.9. The lowest BCUT2D eigenvalue weighted by Crippen LogP contribution is -2.14. The van der Waals surface area contributed by atoms with Crippen LogP contribution in [0.15, 0.2) is 40.8 Å². The van der Waals surface area contributed by atoms with Gasteiger partial charge in [0.05, 0.1) is 19.9 Å². The number of oxazole rings is 1. The zero-order chi connectivity index (χ0) is 16.4. The van der Waals surface area contributed by atoms with E-state index in [2.05, 4.69) is 10.3 Å². The first-order valence-corrected chi connectivity index (χ1v) is 7.02. The summed E-state index contributed by atoms with van der Waals surface area (Å²) in [6.07, 6.45) is 0. The van der Waals surface area contributed by atoms with E-state index in [9.17, 15) is 4.79 Å². The van der Waals surface area contributed by atoms with Crippen LogP contribution in [0.3, 0.4) is 0 Å². The first-order valence-electron chi connectivity index (χ1n) is 7.02. The second-order valence-corrected chi connectivity index (χ2v) is 4.88. The molecule has 0 aliphatic heterocycles. The lowest BCUT2D eigenvalue weighted by atomic mass is 10.1. The predicted octanol–water partition coefficient (Wildman–Crippen LogP) is 3.41. The van der Waals surface area contributed by atoms with E-state index in [1.807, 2.05) is 6.07 Å². The summed E-state index contributed by atoms with van der Waals surface area (Å²) in [5.41, 5.74) is 2.09. The van der Waals surface area contributed by atoms with E-state index in [1.54, 1.807) is 37.3 Å².